The maximum atomic E-state index is 10.5. The second-order valence-corrected chi connectivity index (χ2v) is 5.59. The third-order valence-corrected chi connectivity index (χ3v) is 3.56. The molecule has 0 atom stereocenters. The van der Waals surface area contributed by atoms with Gasteiger partial charge in [0.2, 0.25) is 0 Å². The van der Waals surface area contributed by atoms with Crippen molar-refractivity contribution in [2.75, 3.05) is 33.0 Å². The van der Waals surface area contributed by atoms with E-state index >= 15 is 0 Å². The van der Waals surface area contributed by atoms with E-state index in [9.17, 15) is 10.1 Å². The van der Waals surface area contributed by atoms with Gasteiger partial charge in [-0.1, -0.05) is 39.0 Å². The van der Waals surface area contributed by atoms with Crippen molar-refractivity contribution >= 4 is 5.69 Å². The average Bonchev–Trinajstić information content (AvgIpc) is 2.59. The van der Waals surface area contributed by atoms with Crippen molar-refractivity contribution < 1.29 is 19.1 Å². The van der Waals surface area contributed by atoms with Crippen LogP contribution in [0.3, 0.4) is 0 Å². The molecule has 0 heterocycles. The molecule has 1 rings (SSSR count). The minimum Gasteiger partial charge on any atom is -0.491 e. The van der Waals surface area contributed by atoms with E-state index < -0.39 is 4.92 Å². The average molecular weight is 339 g/mol. The molecular weight excluding hydrogens is 310 g/mol. The molecule has 0 spiro atoms. The molecule has 0 aliphatic heterocycles. The molecule has 0 amide bonds. The van der Waals surface area contributed by atoms with Gasteiger partial charge in [-0.25, -0.2) is 0 Å². The van der Waals surface area contributed by atoms with E-state index in [2.05, 4.69) is 6.92 Å². The lowest BCUT2D eigenvalue weighted by Gasteiger charge is -2.08. The molecule has 1 aromatic rings. The molecule has 24 heavy (non-hydrogen) atoms. The monoisotopic (exact) mass is 339 g/mol. The van der Waals surface area contributed by atoms with Crippen LogP contribution in [0, 0.1) is 10.1 Å². The van der Waals surface area contributed by atoms with Crippen LogP contribution in [-0.4, -0.2) is 38.0 Å². The van der Waals surface area contributed by atoms with Crippen molar-refractivity contribution in [2.24, 2.45) is 0 Å². The minimum absolute atomic E-state index is 0.0566. The van der Waals surface area contributed by atoms with Gasteiger partial charge in [-0.05, 0) is 18.6 Å². The lowest BCUT2D eigenvalue weighted by atomic mass is 10.1. The molecule has 6 nitrogen and oxygen atoms in total. The van der Waals surface area contributed by atoms with Crippen LogP contribution in [0.5, 0.6) is 5.75 Å². The number of hydrogen-bond donors (Lipinski definition) is 0. The number of unbranched alkanes of at least 4 members (excludes halogenated alkanes) is 5. The molecule has 0 saturated heterocycles. The molecule has 0 aliphatic rings. The van der Waals surface area contributed by atoms with Crippen molar-refractivity contribution in [3.63, 3.8) is 0 Å². The Bertz CT molecular complexity index is 436. The lowest BCUT2D eigenvalue weighted by Crippen LogP contribution is -2.11. The van der Waals surface area contributed by atoms with Crippen LogP contribution in [0.1, 0.15) is 45.4 Å². The van der Waals surface area contributed by atoms with Crippen molar-refractivity contribution in [3.8, 4) is 5.75 Å². The van der Waals surface area contributed by atoms with E-state index in [1.165, 1.54) is 44.2 Å². The summed E-state index contributed by atoms with van der Waals surface area (Å²) in [5.74, 6) is 0.600. The fourth-order valence-electron chi connectivity index (χ4n) is 2.19. The SMILES string of the molecule is CCCCCCCCOCCOCCOc1ccc([N+](=O)[O-])cc1. The summed E-state index contributed by atoms with van der Waals surface area (Å²) in [7, 11) is 0. The van der Waals surface area contributed by atoms with Crippen LogP contribution in [-0.2, 0) is 9.47 Å². The number of non-ortho nitro benzene ring substituents is 1. The molecule has 0 unspecified atom stereocenters. The quantitative estimate of drug-likeness (QED) is 0.270. The number of benzene rings is 1. The summed E-state index contributed by atoms with van der Waals surface area (Å²) in [5.41, 5.74) is 0.0566. The second kappa shape index (κ2) is 13.7. The van der Waals surface area contributed by atoms with E-state index in [1.54, 1.807) is 12.1 Å². The minimum atomic E-state index is -0.432. The summed E-state index contributed by atoms with van der Waals surface area (Å²) in [6.45, 7) is 5.06. The molecule has 0 aromatic heterocycles. The van der Waals surface area contributed by atoms with Crippen molar-refractivity contribution in [1.82, 2.24) is 0 Å². The Balaban J connectivity index is 1.87. The summed E-state index contributed by atoms with van der Waals surface area (Å²) in [4.78, 5) is 10.1. The van der Waals surface area contributed by atoms with Crippen LogP contribution >= 0.6 is 0 Å². The molecule has 0 aliphatic carbocycles. The number of nitrogens with zero attached hydrogens (tertiary/aromatic N) is 1. The summed E-state index contributed by atoms with van der Waals surface area (Å²) in [6.07, 6.45) is 7.59. The van der Waals surface area contributed by atoms with Crippen molar-refractivity contribution in [2.45, 2.75) is 45.4 Å². The standard InChI is InChI=1S/C18H29NO5/c1-2-3-4-5-6-7-12-22-13-14-23-15-16-24-18-10-8-17(9-11-18)19(20)21/h8-11H,2-7,12-16H2,1H3. The fraction of sp³-hybridized carbons (Fsp3) is 0.667. The molecule has 0 bridgehead atoms. The highest BCUT2D eigenvalue weighted by atomic mass is 16.6. The Morgan fingerprint density at radius 1 is 0.833 bits per heavy atom. The van der Waals surface area contributed by atoms with E-state index in [1.807, 2.05) is 0 Å². The van der Waals surface area contributed by atoms with Gasteiger partial charge in [0.05, 0.1) is 24.7 Å². The molecule has 0 saturated carbocycles. The van der Waals surface area contributed by atoms with E-state index in [0.717, 1.165) is 13.0 Å². The Labute approximate surface area is 144 Å². The zero-order valence-corrected chi connectivity index (χ0v) is 14.6. The lowest BCUT2D eigenvalue weighted by molar-refractivity contribution is -0.384. The topological polar surface area (TPSA) is 70.8 Å². The summed E-state index contributed by atoms with van der Waals surface area (Å²) in [6, 6.07) is 6.02. The van der Waals surface area contributed by atoms with Gasteiger partial charge in [0.25, 0.3) is 5.69 Å². The summed E-state index contributed by atoms with van der Waals surface area (Å²) in [5, 5.41) is 10.5. The van der Waals surface area contributed by atoms with Crippen LogP contribution in [0.15, 0.2) is 24.3 Å². The number of nitro groups is 1. The maximum Gasteiger partial charge on any atom is 0.269 e. The van der Waals surface area contributed by atoms with Crippen LogP contribution in [0.25, 0.3) is 0 Å². The highest BCUT2D eigenvalue weighted by Crippen LogP contribution is 2.17. The molecule has 6 heteroatoms. The number of rotatable bonds is 15. The van der Waals surface area contributed by atoms with Crippen LogP contribution in [0.4, 0.5) is 5.69 Å². The van der Waals surface area contributed by atoms with E-state index in [-0.39, 0.29) is 5.69 Å². The number of nitro benzene ring substituents is 1. The predicted octanol–water partition coefficient (Wildman–Crippen LogP) is 4.37. The van der Waals surface area contributed by atoms with Gasteiger partial charge < -0.3 is 14.2 Å². The maximum absolute atomic E-state index is 10.5. The second-order valence-electron chi connectivity index (χ2n) is 5.59. The first kappa shape index (κ1) is 20.4. The third kappa shape index (κ3) is 10.2. The smallest absolute Gasteiger partial charge is 0.269 e. The van der Waals surface area contributed by atoms with Gasteiger partial charge in [-0.3, -0.25) is 10.1 Å². The first-order valence-corrected chi connectivity index (χ1v) is 8.76. The van der Waals surface area contributed by atoms with Gasteiger partial charge in [-0.15, -0.1) is 0 Å². The van der Waals surface area contributed by atoms with Crippen LogP contribution in [0.2, 0.25) is 0 Å². The highest BCUT2D eigenvalue weighted by molar-refractivity contribution is 5.35. The first-order chi connectivity index (χ1) is 11.7. The number of hydrogen-bond acceptors (Lipinski definition) is 5. The van der Waals surface area contributed by atoms with Gasteiger partial charge in [0, 0.05) is 18.7 Å². The predicted molar refractivity (Wildman–Crippen MR) is 93.6 cm³/mol. The molecule has 136 valence electrons. The Hall–Kier alpha value is -1.66. The molecule has 0 fully saturated rings. The zero-order chi connectivity index (χ0) is 17.5. The number of ether oxygens (including phenoxy) is 3. The fourth-order valence-corrected chi connectivity index (χ4v) is 2.19. The highest BCUT2D eigenvalue weighted by Gasteiger charge is 2.04. The Morgan fingerprint density at radius 2 is 1.42 bits per heavy atom. The van der Waals surface area contributed by atoms with E-state index in [4.69, 9.17) is 14.2 Å². The van der Waals surface area contributed by atoms with Crippen molar-refractivity contribution in [3.05, 3.63) is 34.4 Å². The molecule has 0 radical (unpaired) electrons. The molecular formula is C18H29NO5. The summed E-state index contributed by atoms with van der Waals surface area (Å²) >= 11 is 0. The Morgan fingerprint density at radius 3 is 2.08 bits per heavy atom. The third-order valence-electron chi connectivity index (χ3n) is 3.56. The van der Waals surface area contributed by atoms with Gasteiger partial charge in [-0.2, -0.15) is 0 Å². The van der Waals surface area contributed by atoms with Crippen LogP contribution < -0.4 is 4.74 Å². The normalized spacial score (nSPS) is 10.7. The van der Waals surface area contributed by atoms with Gasteiger partial charge in [0.1, 0.15) is 12.4 Å². The van der Waals surface area contributed by atoms with E-state index in [0.29, 0.717) is 32.2 Å². The Kier molecular flexibility index (Phi) is 11.7. The molecule has 1 aromatic carbocycles. The van der Waals surface area contributed by atoms with Gasteiger partial charge >= 0.3 is 0 Å². The first-order valence-electron chi connectivity index (χ1n) is 8.76. The zero-order valence-electron chi connectivity index (χ0n) is 14.6. The molecule has 0 N–H and O–H groups in total. The largest absolute Gasteiger partial charge is 0.491 e. The van der Waals surface area contributed by atoms with Crippen molar-refractivity contribution in [1.29, 1.82) is 0 Å². The van der Waals surface area contributed by atoms with Gasteiger partial charge in [0.15, 0.2) is 0 Å². The summed E-state index contributed by atoms with van der Waals surface area (Å²) < 4.78 is 16.4.